The second-order valence-corrected chi connectivity index (χ2v) is 4.38. The molecule has 0 spiro atoms. The standard InChI is InChI=1S/C11H17N3/c1-6-4-9(6)11-13-5-10(7(2)12)8(3)14-11/h5-7,9H,4,12H2,1-3H3/t6?,7-,9?/m1/s1. The lowest BCUT2D eigenvalue weighted by Gasteiger charge is -2.09. The van der Waals surface area contributed by atoms with Crippen LogP contribution in [0.25, 0.3) is 0 Å². The van der Waals surface area contributed by atoms with Crippen molar-refractivity contribution in [2.24, 2.45) is 11.7 Å². The number of nitrogens with zero attached hydrogens (tertiary/aromatic N) is 2. The highest BCUT2D eigenvalue weighted by atomic mass is 14.9. The summed E-state index contributed by atoms with van der Waals surface area (Å²) in [6.45, 7) is 6.21. The van der Waals surface area contributed by atoms with Gasteiger partial charge in [-0.15, -0.1) is 0 Å². The largest absolute Gasteiger partial charge is 0.324 e. The van der Waals surface area contributed by atoms with Gasteiger partial charge in [-0.3, -0.25) is 0 Å². The molecule has 2 rings (SSSR count). The zero-order chi connectivity index (χ0) is 10.3. The molecule has 2 N–H and O–H groups in total. The summed E-state index contributed by atoms with van der Waals surface area (Å²) in [6.07, 6.45) is 3.12. The number of hydrogen-bond acceptors (Lipinski definition) is 3. The molecule has 0 saturated heterocycles. The summed E-state index contributed by atoms with van der Waals surface area (Å²) >= 11 is 0. The molecular weight excluding hydrogens is 174 g/mol. The molecule has 3 nitrogen and oxygen atoms in total. The first-order valence-corrected chi connectivity index (χ1v) is 5.18. The monoisotopic (exact) mass is 191 g/mol. The second-order valence-electron chi connectivity index (χ2n) is 4.38. The van der Waals surface area contributed by atoms with Gasteiger partial charge in [-0.05, 0) is 26.2 Å². The van der Waals surface area contributed by atoms with E-state index in [2.05, 4.69) is 16.9 Å². The van der Waals surface area contributed by atoms with Crippen molar-refractivity contribution in [1.29, 1.82) is 0 Å². The van der Waals surface area contributed by atoms with E-state index in [0.717, 1.165) is 23.0 Å². The summed E-state index contributed by atoms with van der Waals surface area (Å²) in [5.74, 6) is 2.35. The Hall–Kier alpha value is -0.960. The van der Waals surface area contributed by atoms with E-state index in [1.807, 2.05) is 20.0 Å². The molecule has 1 aliphatic carbocycles. The van der Waals surface area contributed by atoms with Gasteiger partial charge in [0.15, 0.2) is 0 Å². The molecule has 1 saturated carbocycles. The molecule has 1 aliphatic rings. The van der Waals surface area contributed by atoms with Crippen LogP contribution in [0, 0.1) is 12.8 Å². The quantitative estimate of drug-likeness (QED) is 0.777. The molecule has 1 fully saturated rings. The van der Waals surface area contributed by atoms with Crippen LogP contribution in [0.15, 0.2) is 6.20 Å². The van der Waals surface area contributed by atoms with Gasteiger partial charge in [0.1, 0.15) is 5.82 Å². The third kappa shape index (κ3) is 1.64. The summed E-state index contributed by atoms with van der Waals surface area (Å²) in [6, 6.07) is 0.0284. The van der Waals surface area contributed by atoms with E-state index < -0.39 is 0 Å². The molecule has 1 aromatic heterocycles. The van der Waals surface area contributed by atoms with E-state index in [4.69, 9.17) is 5.73 Å². The first-order valence-electron chi connectivity index (χ1n) is 5.18. The average molecular weight is 191 g/mol. The number of rotatable bonds is 2. The molecule has 0 amide bonds. The maximum absolute atomic E-state index is 5.80. The molecule has 76 valence electrons. The minimum absolute atomic E-state index is 0.0284. The van der Waals surface area contributed by atoms with Gasteiger partial charge in [-0.25, -0.2) is 9.97 Å². The van der Waals surface area contributed by atoms with Gasteiger partial charge in [-0.2, -0.15) is 0 Å². The van der Waals surface area contributed by atoms with E-state index in [9.17, 15) is 0 Å². The number of nitrogens with two attached hydrogens (primary N) is 1. The van der Waals surface area contributed by atoms with Crippen LogP contribution < -0.4 is 5.73 Å². The highest BCUT2D eigenvalue weighted by Gasteiger charge is 2.36. The highest BCUT2D eigenvalue weighted by Crippen LogP contribution is 2.45. The number of aryl methyl sites for hydroxylation is 1. The Morgan fingerprint density at radius 2 is 2.21 bits per heavy atom. The van der Waals surface area contributed by atoms with Gasteiger partial charge >= 0.3 is 0 Å². The van der Waals surface area contributed by atoms with Crippen LogP contribution in [0.2, 0.25) is 0 Å². The Balaban J connectivity index is 2.27. The Labute approximate surface area is 84.8 Å². The van der Waals surface area contributed by atoms with Crippen molar-refractivity contribution in [3.05, 3.63) is 23.3 Å². The zero-order valence-corrected chi connectivity index (χ0v) is 8.99. The summed E-state index contributed by atoms with van der Waals surface area (Å²) in [5.41, 5.74) is 7.89. The first-order chi connectivity index (χ1) is 6.59. The van der Waals surface area contributed by atoms with Crippen molar-refractivity contribution in [3.63, 3.8) is 0 Å². The van der Waals surface area contributed by atoms with Gasteiger partial charge in [0.05, 0.1) is 0 Å². The van der Waals surface area contributed by atoms with Gasteiger partial charge in [-0.1, -0.05) is 6.92 Å². The minimum atomic E-state index is 0.0284. The van der Waals surface area contributed by atoms with Gasteiger partial charge < -0.3 is 5.73 Å². The molecule has 1 aromatic rings. The van der Waals surface area contributed by atoms with Crippen molar-refractivity contribution in [3.8, 4) is 0 Å². The van der Waals surface area contributed by atoms with Crippen LogP contribution in [0.5, 0.6) is 0 Å². The molecule has 0 aromatic carbocycles. The minimum Gasteiger partial charge on any atom is -0.324 e. The molecule has 14 heavy (non-hydrogen) atoms. The number of aromatic nitrogens is 2. The summed E-state index contributed by atoms with van der Waals surface area (Å²) in [7, 11) is 0. The fraction of sp³-hybridized carbons (Fsp3) is 0.636. The molecule has 0 radical (unpaired) electrons. The van der Waals surface area contributed by atoms with Crippen LogP contribution in [0.1, 0.15) is 49.3 Å². The highest BCUT2D eigenvalue weighted by molar-refractivity contribution is 5.22. The maximum atomic E-state index is 5.80. The summed E-state index contributed by atoms with van der Waals surface area (Å²) in [4.78, 5) is 8.90. The van der Waals surface area contributed by atoms with E-state index in [0.29, 0.717) is 5.92 Å². The van der Waals surface area contributed by atoms with Crippen molar-refractivity contribution in [2.45, 2.75) is 39.2 Å². The number of hydrogen-bond donors (Lipinski definition) is 1. The molecule has 3 atom stereocenters. The lowest BCUT2D eigenvalue weighted by molar-refractivity contribution is 0.761. The topological polar surface area (TPSA) is 51.8 Å². The van der Waals surface area contributed by atoms with E-state index in [-0.39, 0.29) is 6.04 Å². The van der Waals surface area contributed by atoms with Gasteiger partial charge in [0.2, 0.25) is 0 Å². The summed E-state index contributed by atoms with van der Waals surface area (Å²) < 4.78 is 0. The van der Waals surface area contributed by atoms with Crippen LogP contribution in [0.4, 0.5) is 0 Å². The van der Waals surface area contributed by atoms with Gasteiger partial charge in [0, 0.05) is 29.4 Å². The molecular formula is C11H17N3. The zero-order valence-electron chi connectivity index (χ0n) is 8.99. The van der Waals surface area contributed by atoms with Crippen molar-refractivity contribution in [1.82, 2.24) is 9.97 Å². The Kier molecular flexibility index (Phi) is 2.27. The van der Waals surface area contributed by atoms with Crippen molar-refractivity contribution in [2.75, 3.05) is 0 Å². The van der Waals surface area contributed by atoms with Crippen LogP contribution in [0.3, 0.4) is 0 Å². The predicted molar refractivity (Wildman–Crippen MR) is 55.9 cm³/mol. The SMILES string of the molecule is Cc1nc(C2CC2C)ncc1[C@@H](C)N. The van der Waals surface area contributed by atoms with Gasteiger partial charge in [0.25, 0.3) is 0 Å². The summed E-state index contributed by atoms with van der Waals surface area (Å²) in [5, 5.41) is 0. The maximum Gasteiger partial charge on any atom is 0.131 e. The molecule has 0 bridgehead atoms. The fourth-order valence-corrected chi connectivity index (χ4v) is 1.80. The fourth-order valence-electron chi connectivity index (χ4n) is 1.80. The molecule has 3 heteroatoms. The lowest BCUT2D eigenvalue weighted by Crippen LogP contribution is -2.10. The Bertz CT molecular complexity index is 346. The average Bonchev–Trinajstić information content (AvgIpc) is 2.81. The first kappa shape index (κ1) is 9.59. The lowest BCUT2D eigenvalue weighted by atomic mass is 10.1. The molecule has 1 heterocycles. The van der Waals surface area contributed by atoms with Crippen molar-refractivity contribution >= 4 is 0 Å². The van der Waals surface area contributed by atoms with Crippen molar-refractivity contribution < 1.29 is 0 Å². The smallest absolute Gasteiger partial charge is 0.131 e. The second kappa shape index (κ2) is 3.31. The predicted octanol–water partition coefficient (Wildman–Crippen LogP) is 1.93. The Morgan fingerprint density at radius 1 is 1.57 bits per heavy atom. The third-order valence-corrected chi connectivity index (χ3v) is 2.97. The Morgan fingerprint density at radius 3 is 2.64 bits per heavy atom. The van der Waals surface area contributed by atoms with Crippen LogP contribution >= 0.6 is 0 Å². The van der Waals surface area contributed by atoms with E-state index in [1.54, 1.807) is 0 Å². The normalized spacial score (nSPS) is 27.4. The molecule has 0 aliphatic heterocycles. The van der Waals surface area contributed by atoms with E-state index >= 15 is 0 Å². The third-order valence-electron chi connectivity index (χ3n) is 2.97. The molecule has 2 unspecified atom stereocenters. The van der Waals surface area contributed by atoms with Crippen LogP contribution in [-0.2, 0) is 0 Å². The van der Waals surface area contributed by atoms with Crippen LogP contribution in [-0.4, -0.2) is 9.97 Å². The van der Waals surface area contributed by atoms with E-state index in [1.165, 1.54) is 6.42 Å².